The zero-order chi connectivity index (χ0) is 38.7. The summed E-state index contributed by atoms with van der Waals surface area (Å²) in [6.07, 6.45) is 2.09. The fourth-order valence-electron chi connectivity index (χ4n) is 7.57. The third-order valence-corrected chi connectivity index (χ3v) is 10.5. The number of pyridine rings is 1. The molecule has 0 aliphatic heterocycles. The summed E-state index contributed by atoms with van der Waals surface area (Å²) in [5.74, 6) is 0.698. The van der Waals surface area contributed by atoms with Crippen molar-refractivity contribution in [3.8, 4) is 67.5 Å². The highest BCUT2D eigenvalue weighted by molar-refractivity contribution is 5.85. The number of hydrogen-bond donors (Lipinski definition) is 0. The maximum atomic E-state index is 5.04. The van der Waals surface area contributed by atoms with E-state index in [9.17, 15) is 0 Å². The third kappa shape index (κ3) is 6.82. The highest BCUT2D eigenvalue weighted by Gasteiger charge is 2.18. The number of anilines is 3. The average molecular weight is 744 g/mol. The van der Waals surface area contributed by atoms with Crippen molar-refractivity contribution in [2.24, 2.45) is 0 Å². The summed E-state index contributed by atoms with van der Waals surface area (Å²) >= 11 is 0. The van der Waals surface area contributed by atoms with Gasteiger partial charge >= 0.3 is 0 Å². The molecule has 0 fully saturated rings. The number of rotatable bonds is 9. The molecule has 5 nitrogen and oxygen atoms in total. The van der Waals surface area contributed by atoms with Crippen LogP contribution < -0.4 is 4.90 Å². The Morgan fingerprint density at radius 3 is 1.31 bits per heavy atom. The molecule has 0 N–H and O–H groups in total. The first-order valence-corrected chi connectivity index (χ1v) is 19.4. The second kappa shape index (κ2) is 15.3. The van der Waals surface area contributed by atoms with Crippen molar-refractivity contribution < 1.29 is 0 Å². The molecule has 0 atom stereocenters. The molecule has 0 aliphatic carbocycles. The van der Waals surface area contributed by atoms with Crippen molar-refractivity contribution >= 4 is 22.7 Å². The lowest BCUT2D eigenvalue weighted by Gasteiger charge is -2.26. The quantitative estimate of drug-likeness (QED) is 0.148. The number of imidazole rings is 1. The van der Waals surface area contributed by atoms with E-state index in [-0.39, 0.29) is 0 Å². The summed E-state index contributed by atoms with van der Waals surface area (Å²) in [5, 5.41) is 0. The van der Waals surface area contributed by atoms with Crippen LogP contribution in [0, 0.1) is 0 Å². The van der Waals surface area contributed by atoms with E-state index in [0.717, 1.165) is 84.4 Å². The van der Waals surface area contributed by atoms with Crippen LogP contribution in [0.25, 0.3) is 73.2 Å². The Morgan fingerprint density at radius 2 is 0.759 bits per heavy atom. The number of aromatic nitrogens is 4. The standard InChI is InChI=1S/C53H37N5/c1-5-15-40(16-6-1)48-37-49(41-17-7-2-8-18-41)55-53(54-48)44-26-24-38(25-27-44)39-28-32-46(33-29-39)58(45-21-11-4-12-22-45)47-34-30-43(31-35-47)52-51(42-19-9-3-10-20-42)56-50-23-13-14-36-57(50)52/h1-37H. The van der Waals surface area contributed by atoms with Crippen molar-refractivity contribution in [3.05, 3.63) is 225 Å². The summed E-state index contributed by atoms with van der Waals surface area (Å²) in [6, 6.07) is 75.8. The molecule has 0 saturated carbocycles. The second-order valence-electron chi connectivity index (χ2n) is 14.1. The van der Waals surface area contributed by atoms with Gasteiger partial charge in [0.25, 0.3) is 0 Å². The normalized spacial score (nSPS) is 11.1. The van der Waals surface area contributed by atoms with Gasteiger partial charge in [0.05, 0.1) is 22.8 Å². The van der Waals surface area contributed by atoms with Crippen molar-refractivity contribution in [3.63, 3.8) is 0 Å². The van der Waals surface area contributed by atoms with Crippen LogP contribution in [0.5, 0.6) is 0 Å². The molecule has 58 heavy (non-hydrogen) atoms. The summed E-state index contributed by atoms with van der Waals surface area (Å²) in [5.41, 5.74) is 15.5. The smallest absolute Gasteiger partial charge is 0.160 e. The van der Waals surface area contributed by atoms with Gasteiger partial charge in [-0.1, -0.05) is 164 Å². The van der Waals surface area contributed by atoms with Crippen molar-refractivity contribution in [2.45, 2.75) is 0 Å². The number of benzene rings is 7. The molecule has 5 heteroatoms. The second-order valence-corrected chi connectivity index (χ2v) is 14.1. The zero-order valence-corrected chi connectivity index (χ0v) is 31.6. The zero-order valence-electron chi connectivity index (χ0n) is 31.6. The Hall–Kier alpha value is -7.89. The van der Waals surface area contributed by atoms with E-state index >= 15 is 0 Å². The lowest BCUT2D eigenvalue weighted by molar-refractivity contribution is 1.18. The van der Waals surface area contributed by atoms with Crippen molar-refractivity contribution in [1.82, 2.24) is 19.4 Å². The Kier molecular flexibility index (Phi) is 9.14. The maximum absolute atomic E-state index is 5.04. The minimum absolute atomic E-state index is 0.698. The molecule has 0 spiro atoms. The summed E-state index contributed by atoms with van der Waals surface area (Å²) < 4.78 is 2.17. The van der Waals surface area contributed by atoms with E-state index in [1.165, 1.54) is 0 Å². The fourth-order valence-corrected chi connectivity index (χ4v) is 7.57. The summed E-state index contributed by atoms with van der Waals surface area (Å²) in [7, 11) is 0. The first-order chi connectivity index (χ1) is 28.7. The average Bonchev–Trinajstić information content (AvgIpc) is 3.71. The molecule has 3 heterocycles. The van der Waals surface area contributed by atoms with Crippen molar-refractivity contribution in [1.29, 1.82) is 0 Å². The molecule has 0 saturated heterocycles. The van der Waals surface area contributed by atoms with Crippen LogP contribution in [0.15, 0.2) is 225 Å². The van der Waals surface area contributed by atoms with Crippen LogP contribution in [0.1, 0.15) is 0 Å². The molecule has 0 aliphatic rings. The largest absolute Gasteiger partial charge is 0.311 e. The van der Waals surface area contributed by atoms with Crippen molar-refractivity contribution in [2.75, 3.05) is 4.90 Å². The van der Waals surface area contributed by atoms with Gasteiger partial charge in [-0.05, 0) is 65.7 Å². The van der Waals surface area contributed by atoms with E-state index < -0.39 is 0 Å². The first kappa shape index (κ1) is 34.6. The lowest BCUT2D eigenvalue weighted by atomic mass is 10.0. The van der Waals surface area contributed by atoms with Crippen LogP contribution in [0.3, 0.4) is 0 Å². The van der Waals surface area contributed by atoms with Crippen LogP contribution in [-0.2, 0) is 0 Å². The minimum atomic E-state index is 0.698. The molecule has 0 amide bonds. The van der Waals surface area contributed by atoms with Gasteiger partial charge in [-0.15, -0.1) is 0 Å². The summed E-state index contributed by atoms with van der Waals surface area (Å²) in [6.45, 7) is 0. The van der Waals surface area contributed by atoms with Gasteiger partial charge in [0, 0.05) is 51.1 Å². The van der Waals surface area contributed by atoms with E-state index in [2.05, 4.69) is 185 Å². The topological polar surface area (TPSA) is 46.3 Å². The Bertz CT molecular complexity index is 2890. The fraction of sp³-hybridized carbons (Fsp3) is 0. The molecular weight excluding hydrogens is 707 g/mol. The summed E-state index contributed by atoms with van der Waals surface area (Å²) in [4.78, 5) is 17.4. The van der Waals surface area contributed by atoms with Crippen LogP contribution in [0.2, 0.25) is 0 Å². The molecule has 10 rings (SSSR count). The molecule has 274 valence electrons. The van der Waals surface area contributed by atoms with Crippen LogP contribution in [-0.4, -0.2) is 19.4 Å². The van der Waals surface area contributed by atoms with Gasteiger partial charge in [-0.3, -0.25) is 4.40 Å². The van der Waals surface area contributed by atoms with Gasteiger partial charge in [0.1, 0.15) is 5.65 Å². The van der Waals surface area contributed by atoms with E-state index in [4.69, 9.17) is 15.0 Å². The van der Waals surface area contributed by atoms with E-state index in [0.29, 0.717) is 5.82 Å². The number of nitrogens with zero attached hydrogens (tertiary/aromatic N) is 5. The molecule has 10 aromatic rings. The monoisotopic (exact) mass is 743 g/mol. The molecular formula is C53H37N5. The Balaban J connectivity index is 0.962. The van der Waals surface area contributed by atoms with Gasteiger partial charge in [0.15, 0.2) is 5.82 Å². The number of para-hydroxylation sites is 1. The van der Waals surface area contributed by atoms with Gasteiger partial charge in [-0.2, -0.15) is 0 Å². The Morgan fingerprint density at radius 1 is 0.328 bits per heavy atom. The SMILES string of the molecule is c1ccc(-c2cc(-c3ccccc3)nc(-c3ccc(-c4ccc(N(c5ccccc5)c5ccc(-c6c(-c7ccccc7)nc7ccccn67)cc5)cc4)cc3)n2)cc1. The van der Waals surface area contributed by atoms with Crippen LogP contribution in [0.4, 0.5) is 17.1 Å². The van der Waals surface area contributed by atoms with E-state index in [1.54, 1.807) is 0 Å². The number of fused-ring (bicyclic) bond motifs is 1. The van der Waals surface area contributed by atoms with Gasteiger partial charge < -0.3 is 4.90 Å². The Labute approximate surface area is 337 Å². The molecule has 3 aromatic heterocycles. The molecule has 7 aromatic carbocycles. The predicted molar refractivity (Wildman–Crippen MR) is 238 cm³/mol. The van der Waals surface area contributed by atoms with E-state index in [1.807, 2.05) is 48.5 Å². The highest BCUT2D eigenvalue weighted by Crippen LogP contribution is 2.39. The first-order valence-electron chi connectivity index (χ1n) is 19.4. The molecule has 0 radical (unpaired) electrons. The third-order valence-electron chi connectivity index (χ3n) is 10.5. The maximum Gasteiger partial charge on any atom is 0.160 e. The lowest BCUT2D eigenvalue weighted by Crippen LogP contribution is -2.09. The highest BCUT2D eigenvalue weighted by atomic mass is 15.1. The van der Waals surface area contributed by atoms with Gasteiger partial charge in [-0.25, -0.2) is 15.0 Å². The van der Waals surface area contributed by atoms with Crippen LogP contribution >= 0.6 is 0 Å². The predicted octanol–water partition coefficient (Wildman–Crippen LogP) is 13.6. The molecule has 0 bridgehead atoms. The molecule has 0 unspecified atom stereocenters. The van der Waals surface area contributed by atoms with Gasteiger partial charge in [0.2, 0.25) is 0 Å². The minimum Gasteiger partial charge on any atom is -0.311 e. The number of hydrogen-bond acceptors (Lipinski definition) is 4.